The highest BCUT2D eigenvalue weighted by Gasteiger charge is 2.20. The molecular formula is C17H22N2O. The third-order valence-corrected chi connectivity index (χ3v) is 4.15. The molecule has 0 amide bonds. The Morgan fingerprint density at radius 2 is 1.90 bits per heavy atom. The van der Waals surface area contributed by atoms with Gasteiger partial charge >= 0.3 is 0 Å². The summed E-state index contributed by atoms with van der Waals surface area (Å²) < 4.78 is 0. The first-order valence-electron chi connectivity index (χ1n) is 7.43. The van der Waals surface area contributed by atoms with E-state index in [0.717, 1.165) is 32.6 Å². The van der Waals surface area contributed by atoms with Crippen LogP contribution in [-0.2, 0) is 0 Å². The van der Waals surface area contributed by atoms with Gasteiger partial charge in [0.25, 0.3) is 0 Å². The highest BCUT2D eigenvalue weighted by atomic mass is 16.3. The standard InChI is InChI=1S/C17H22N2O/c20-13-17(19-10-3-8-18-9-11-19)16-7-6-14-4-1-2-5-15(14)12-16/h1-2,4-7,12,17-18,20H,3,8-11,13H2. The van der Waals surface area contributed by atoms with Gasteiger partial charge in [-0.1, -0.05) is 36.4 Å². The molecule has 0 aliphatic carbocycles. The van der Waals surface area contributed by atoms with Crippen LogP contribution in [0.15, 0.2) is 42.5 Å². The van der Waals surface area contributed by atoms with E-state index in [4.69, 9.17) is 0 Å². The number of benzene rings is 2. The number of hydrogen-bond donors (Lipinski definition) is 2. The van der Waals surface area contributed by atoms with Crippen molar-refractivity contribution in [2.45, 2.75) is 12.5 Å². The van der Waals surface area contributed by atoms with Crippen molar-refractivity contribution in [1.29, 1.82) is 0 Å². The summed E-state index contributed by atoms with van der Waals surface area (Å²) in [6.07, 6.45) is 1.14. The van der Waals surface area contributed by atoms with Gasteiger partial charge in [0.05, 0.1) is 12.6 Å². The molecule has 2 aromatic rings. The van der Waals surface area contributed by atoms with Gasteiger partial charge in [-0.25, -0.2) is 0 Å². The summed E-state index contributed by atoms with van der Waals surface area (Å²) in [5, 5.41) is 15.7. The van der Waals surface area contributed by atoms with Crippen LogP contribution in [0.3, 0.4) is 0 Å². The minimum absolute atomic E-state index is 0.111. The lowest BCUT2D eigenvalue weighted by Crippen LogP contribution is -2.34. The number of aliphatic hydroxyl groups excluding tert-OH is 1. The highest BCUT2D eigenvalue weighted by molar-refractivity contribution is 5.83. The van der Waals surface area contributed by atoms with Gasteiger partial charge in [0.15, 0.2) is 0 Å². The molecule has 0 saturated carbocycles. The van der Waals surface area contributed by atoms with Gasteiger partial charge in [0.2, 0.25) is 0 Å². The molecule has 1 heterocycles. The predicted octanol–water partition coefficient (Wildman–Crippen LogP) is 2.17. The van der Waals surface area contributed by atoms with Crippen LogP contribution in [0.5, 0.6) is 0 Å². The largest absolute Gasteiger partial charge is 0.394 e. The number of nitrogens with one attached hydrogen (secondary N) is 1. The fraction of sp³-hybridized carbons (Fsp3) is 0.412. The van der Waals surface area contributed by atoms with E-state index >= 15 is 0 Å². The monoisotopic (exact) mass is 270 g/mol. The number of aliphatic hydroxyl groups is 1. The molecular weight excluding hydrogens is 248 g/mol. The van der Waals surface area contributed by atoms with Crippen molar-refractivity contribution < 1.29 is 5.11 Å². The maximum Gasteiger partial charge on any atom is 0.0628 e. The van der Waals surface area contributed by atoms with Gasteiger partial charge in [-0.15, -0.1) is 0 Å². The summed E-state index contributed by atoms with van der Waals surface area (Å²) in [6.45, 7) is 4.30. The second-order valence-electron chi connectivity index (χ2n) is 5.44. The molecule has 2 aromatic carbocycles. The summed E-state index contributed by atoms with van der Waals surface area (Å²) in [5.41, 5.74) is 1.22. The summed E-state index contributed by atoms with van der Waals surface area (Å²) in [6, 6.07) is 15.0. The van der Waals surface area contributed by atoms with Crippen molar-refractivity contribution >= 4 is 10.8 Å². The molecule has 1 atom stereocenters. The maximum absolute atomic E-state index is 9.83. The van der Waals surface area contributed by atoms with Crippen molar-refractivity contribution in [2.24, 2.45) is 0 Å². The van der Waals surface area contributed by atoms with Crippen LogP contribution in [0.4, 0.5) is 0 Å². The molecule has 1 saturated heterocycles. The zero-order valence-electron chi connectivity index (χ0n) is 11.8. The summed E-state index contributed by atoms with van der Waals surface area (Å²) in [5.74, 6) is 0. The molecule has 1 fully saturated rings. The van der Waals surface area contributed by atoms with E-state index in [0.29, 0.717) is 0 Å². The Hall–Kier alpha value is -1.42. The molecule has 106 valence electrons. The minimum atomic E-state index is 0.111. The zero-order valence-corrected chi connectivity index (χ0v) is 11.8. The van der Waals surface area contributed by atoms with E-state index in [9.17, 15) is 5.11 Å². The minimum Gasteiger partial charge on any atom is -0.394 e. The van der Waals surface area contributed by atoms with Gasteiger partial charge in [-0.05, 0) is 35.4 Å². The molecule has 2 N–H and O–H groups in total. The van der Waals surface area contributed by atoms with Gasteiger partial charge in [0.1, 0.15) is 0 Å². The Kier molecular flexibility index (Phi) is 4.31. The molecule has 0 radical (unpaired) electrons. The average molecular weight is 270 g/mol. The van der Waals surface area contributed by atoms with Gasteiger partial charge in [0, 0.05) is 19.6 Å². The number of hydrogen-bond acceptors (Lipinski definition) is 3. The third kappa shape index (κ3) is 2.85. The zero-order chi connectivity index (χ0) is 13.8. The summed E-state index contributed by atoms with van der Waals surface area (Å²) in [7, 11) is 0. The second-order valence-corrected chi connectivity index (χ2v) is 5.44. The topological polar surface area (TPSA) is 35.5 Å². The Morgan fingerprint density at radius 1 is 1.05 bits per heavy atom. The first-order chi connectivity index (χ1) is 9.88. The number of nitrogens with zero attached hydrogens (tertiary/aromatic N) is 1. The first kappa shape index (κ1) is 13.6. The van der Waals surface area contributed by atoms with E-state index in [-0.39, 0.29) is 12.6 Å². The normalized spacial score (nSPS) is 18.9. The lowest BCUT2D eigenvalue weighted by molar-refractivity contribution is 0.130. The van der Waals surface area contributed by atoms with Crippen LogP contribution in [0, 0.1) is 0 Å². The lowest BCUT2D eigenvalue weighted by Gasteiger charge is -2.29. The Labute approximate surface area is 120 Å². The Balaban J connectivity index is 1.89. The van der Waals surface area contributed by atoms with Crippen LogP contribution in [0.1, 0.15) is 18.0 Å². The quantitative estimate of drug-likeness (QED) is 0.897. The summed E-state index contributed by atoms with van der Waals surface area (Å²) in [4.78, 5) is 2.39. The van der Waals surface area contributed by atoms with Crippen LogP contribution in [0.2, 0.25) is 0 Å². The first-order valence-corrected chi connectivity index (χ1v) is 7.43. The molecule has 3 heteroatoms. The van der Waals surface area contributed by atoms with E-state index in [1.54, 1.807) is 0 Å². The van der Waals surface area contributed by atoms with E-state index in [1.165, 1.54) is 16.3 Å². The van der Waals surface area contributed by atoms with Gasteiger partial charge in [-0.2, -0.15) is 0 Å². The molecule has 1 unspecified atom stereocenters. The van der Waals surface area contributed by atoms with E-state index in [2.05, 4.69) is 52.7 Å². The molecule has 20 heavy (non-hydrogen) atoms. The Morgan fingerprint density at radius 3 is 2.75 bits per heavy atom. The van der Waals surface area contributed by atoms with E-state index < -0.39 is 0 Å². The molecule has 0 aromatic heterocycles. The van der Waals surface area contributed by atoms with Crippen LogP contribution >= 0.6 is 0 Å². The van der Waals surface area contributed by atoms with Crippen LogP contribution < -0.4 is 5.32 Å². The van der Waals surface area contributed by atoms with Crippen molar-refractivity contribution in [1.82, 2.24) is 10.2 Å². The number of fused-ring (bicyclic) bond motifs is 1. The van der Waals surface area contributed by atoms with Gasteiger partial charge in [-0.3, -0.25) is 4.90 Å². The maximum atomic E-state index is 9.83. The number of rotatable bonds is 3. The smallest absolute Gasteiger partial charge is 0.0628 e. The molecule has 3 rings (SSSR count). The van der Waals surface area contributed by atoms with Gasteiger partial charge < -0.3 is 10.4 Å². The lowest BCUT2D eigenvalue weighted by atomic mass is 10.0. The van der Waals surface area contributed by atoms with Crippen LogP contribution in [0.25, 0.3) is 10.8 Å². The highest BCUT2D eigenvalue weighted by Crippen LogP contribution is 2.25. The average Bonchev–Trinajstić information content (AvgIpc) is 2.77. The van der Waals surface area contributed by atoms with E-state index in [1.807, 2.05) is 0 Å². The SMILES string of the molecule is OCC(c1ccc2ccccc2c1)N1CCCNCC1. The van der Waals surface area contributed by atoms with Crippen molar-refractivity contribution in [3.05, 3.63) is 48.0 Å². The Bertz CT molecular complexity index is 562. The van der Waals surface area contributed by atoms with Crippen molar-refractivity contribution in [3.63, 3.8) is 0 Å². The van der Waals surface area contributed by atoms with Crippen molar-refractivity contribution in [2.75, 3.05) is 32.8 Å². The molecule has 0 spiro atoms. The fourth-order valence-electron chi connectivity index (χ4n) is 3.03. The second kappa shape index (κ2) is 6.35. The summed E-state index contributed by atoms with van der Waals surface area (Å²) >= 11 is 0. The molecule has 3 nitrogen and oxygen atoms in total. The van der Waals surface area contributed by atoms with Crippen molar-refractivity contribution in [3.8, 4) is 0 Å². The third-order valence-electron chi connectivity index (χ3n) is 4.15. The fourth-order valence-corrected chi connectivity index (χ4v) is 3.03. The molecule has 1 aliphatic heterocycles. The van der Waals surface area contributed by atoms with Crippen LogP contribution in [-0.4, -0.2) is 42.8 Å². The molecule has 1 aliphatic rings. The molecule has 0 bridgehead atoms. The predicted molar refractivity (Wildman–Crippen MR) is 82.8 cm³/mol.